The van der Waals surface area contributed by atoms with Crippen LogP contribution in [0.15, 0.2) is 0 Å². The van der Waals surface area contributed by atoms with Gasteiger partial charge in [0.1, 0.15) is 0 Å². The molecule has 0 aromatic carbocycles. The summed E-state index contributed by atoms with van der Waals surface area (Å²) in [6.45, 7) is 4.98. The van der Waals surface area contributed by atoms with Crippen LogP contribution in [-0.2, 0) is 0 Å². The van der Waals surface area contributed by atoms with Crippen molar-refractivity contribution in [3.63, 3.8) is 0 Å². The minimum Gasteiger partial charge on any atom is -0.177 e. The van der Waals surface area contributed by atoms with E-state index >= 15 is 0 Å². The smallest absolute Gasteiger partial charge is 0.177 e. The van der Waals surface area contributed by atoms with Gasteiger partial charge in [0.15, 0.2) is 8.07 Å². The fraction of sp³-hybridized carbons (Fsp3) is 1.00. The first-order chi connectivity index (χ1) is 4.93. The largest absolute Gasteiger partial charge is 0.361 e. The first-order valence-electron chi connectivity index (χ1n) is 4.00. The van der Waals surface area contributed by atoms with E-state index in [2.05, 4.69) is 0 Å². The highest BCUT2D eigenvalue weighted by atomic mass is 28.3. The van der Waals surface area contributed by atoms with Gasteiger partial charge in [-0.3, -0.25) is 0 Å². The molecular formula is C7H15F3Si. The second-order valence-electron chi connectivity index (χ2n) is 2.84. The van der Waals surface area contributed by atoms with Crippen LogP contribution in [0.1, 0.15) is 20.8 Å². The molecule has 4 heteroatoms. The zero-order chi connectivity index (χ0) is 9.12. The van der Waals surface area contributed by atoms with Crippen molar-refractivity contribution in [2.45, 2.75) is 44.7 Å². The molecule has 0 amide bonds. The molecule has 0 saturated heterocycles. The van der Waals surface area contributed by atoms with Crippen molar-refractivity contribution in [3.8, 4) is 0 Å². The minimum absolute atomic E-state index is 0.323. The predicted molar refractivity (Wildman–Crippen MR) is 43.3 cm³/mol. The van der Waals surface area contributed by atoms with Crippen molar-refractivity contribution in [1.29, 1.82) is 0 Å². The summed E-state index contributed by atoms with van der Waals surface area (Å²) in [7, 11) is -2.92. The highest BCUT2D eigenvalue weighted by Crippen LogP contribution is 2.37. The third-order valence-electron chi connectivity index (χ3n) is 2.63. The summed E-state index contributed by atoms with van der Waals surface area (Å²) in [6, 6.07) is 0.969. The Bertz CT molecular complexity index is 107. The lowest BCUT2D eigenvalue weighted by Gasteiger charge is -2.29. The zero-order valence-electron chi connectivity index (χ0n) is 7.26. The van der Waals surface area contributed by atoms with Crippen molar-refractivity contribution >= 4 is 8.07 Å². The summed E-state index contributed by atoms with van der Waals surface area (Å²) < 4.78 is 37.3. The second-order valence-corrected chi connectivity index (χ2v) is 8.09. The lowest BCUT2D eigenvalue weighted by molar-refractivity contribution is -0.0577. The van der Waals surface area contributed by atoms with E-state index in [1.807, 2.05) is 0 Å². The molecule has 0 nitrogen and oxygen atoms in total. The summed E-state index contributed by atoms with van der Waals surface area (Å²) in [5.74, 6) is -3.90. The molecule has 0 fully saturated rings. The maximum Gasteiger partial charge on any atom is 0.361 e. The van der Waals surface area contributed by atoms with Crippen molar-refractivity contribution in [2.75, 3.05) is 0 Å². The quantitative estimate of drug-likeness (QED) is 0.588. The average Bonchev–Trinajstić information content (AvgIpc) is 1.90. The summed E-state index contributed by atoms with van der Waals surface area (Å²) >= 11 is 0. The van der Waals surface area contributed by atoms with Crippen LogP contribution in [-0.4, -0.2) is 13.9 Å². The predicted octanol–water partition coefficient (Wildman–Crippen LogP) is 3.60. The molecule has 0 heterocycles. The Hall–Kier alpha value is 0.00688. The van der Waals surface area contributed by atoms with Gasteiger partial charge in [0.25, 0.3) is 0 Å². The van der Waals surface area contributed by atoms with Crippen LogP contribution < -0.4 is 0 Å². The molecule has 68 valence electrons. The number of alkyl halides is 3. The number of halogens is 3. The lowest BCUT2D eigenvalue weighted by atomic mass is 10.9. The van der Waals surface area contributed by atoms with Crippen molar-refractivity contribution in [1.82, 2.24) is 0 Å². The van der Waals surface area contributed by atoms with E-state index < -0.39 is 13.9 Å². The molecule has 0 saturated carbocycles. The third-order valence-corrected chi connectivity index (χ3v) is 7.90. The number of hydrogen-bond acceptors (Lipinski definition) is 0. The van der Waals surface area contributed by atoms with Crippen molar-refractivity contribution in [2.24, 2.45) is 0 Å². The monoisotopic (exact) mass is 184 g/mol. The first-order valence-corrected chi connectivity index (χ1v) is 6.62. The number of hydrogen-bond donors (Lipinski definition) is 0. The third kappa shape index (κ3) is 1.98. The zero-order valence-corrected chi connectivity index (χ0v) is 8.26. The summed E-state index contributed by atoms with van der Waals surface area (Å²) in [4.78, 5) is 0. The van der Waals surface area contributed by atoms with E-state index in [-0.39, 0.29) is 0 Å². The van der Waals surface area contributed by atoms with Gasteiger partial charge in [0.2, 0.25) is 0 Å². The SMILES string of the molecule is CC[Si](CC)(CC)C(F)(F)F. The fourth-order valence-electron chi connectivity index (χ4n) is 1.35. The molecule has 0 aliphatic heterocycles. The van der Waals surface area contributed by atoms with Crippen molar-refractivity contribution in [3.05, 3.63) is 0 Å². The van der Waals surface area contributed by atoms with Gasteiger partial charge in [-0.1, -0.05) is 38.9 Å². The van der Waals surface area contributed by atoms with Gasteiger partial charge in [0.05, 0.1) is 0 Å². The lowest BCUT2D eigenvalue weighted by Crippen LogP contribution is -2.48. The molecule has 0 spiro atoms. The second kappa shape index (κ2) is 3.60. The van der Waals surface area contributed by atoms with E-state index in [0.717, 1.165) is 0 Å². The van der Waals surface area contributed by atoms with Gasteiger partial charge < -0.3 is 0 Å². The Labute approximate surface area is 66.8 Å². The Kier molecular flexibility index (Phi) is 3.61. The van der Waals surface area contributed by atoms with Gasteiger partial charge >= 0.3 is 5.80 Å². The maximum absolute atomic E-state index is 12.4. The normalized spacial score (nSPS) is 13.6. The Morgan fingerprint density at radius 2 is 1.18 bits per heavy atom. The van der Waals surface area contributed by atoms with Crippen LogP contribution >= 0.6 is 0 Å². The van der Waals surface area contributed by atoms with Gasteiger partial charge in [0, 0.05) is 0 Å². The topological polar surface area (TPSA) is 0 Å². The van der Waals surface area contributed by atoms with Crippen LogP contribution in [0.5, 0.6) is 0 Å². The fourth-order valence-corrected chi connectivity index (χ4v) is 4.05. The Morgan fingerprint density at radius 1 is 0.909 bits per heavy atom. The molecule has 0 radical (unpaired) electrons. The minimum atomic E-state index is -3.90. The summed E-state index contributed by atoms with van der Waals surface area (Å²) in [5, 5.41) is 0. The van der Waals surface area contributed by atoms with E-state index in [1.165, 1.54) is 0 Å². The van der Waals surface area contributed by atoms with E-state index in [4.69, 9.17) is 0 Å². The molecule has 0 unspecified atom stereocenters. The van der Waals surface area contributed by atoms with Gasteiger partial charge in [-0.05, 0) is 0 Å². The first kappa shape index (κ1) is 11.0. The highest BCUT2D eigenvalue weighted by molar-refractivity contribution is 6.81. The molecule has 0 aromatic rings. The van der Waals surface area contributed by atoms with Crippen LogP contribution in [0.4, 0.5) is 13.2 Å². The highest BCUT2D eigenvalue weighted by Gasteiger charge is 2.52. The van der Waals surface area contributed by atoms with E-state index in [9.17, 15) is 13.2 Å². The van der Waals surface area contributed by atoms with Gasteiger partial charge in [-0.15, -0.1) is 0 Å². The van der Waals surface area contributed by atoms with Crippen LogP contribution in [0.3, 0.4) is 0 Å². The standard InChI is InChI=1S/C7H15F3Si/c1-4-11(5-2,6-3)7(8,9)10/h4-6H2,1-3H3. The molecule has 0 rings (SSSR count). The van der Waals surface area contributed by atoms with Gasteiger partial charge in [-0.25, -0.2) is 0 Å². The van der Waals surface area contributed by atoms with Crippen LogP contribution in [0.25, 0.3) is 0 Å². The Morgan fingerprint density at radius 3 is 1.18 bits per heavy atom. The van der Waals surface area contributed by atoms with Crippen molar-refractivity contribution < 1.29 is 13.2 Å². The molecule has 0 bridgehead atoms. The van der Waals surface area contributed by atoms with E-state index in [0.29, 0.717) is 18.1 Å². The molecule has 0 aliphatic carbocycles. The molecule has 0 atom stereocenters. The van der Waals surface area contributed by atoms with Crippen LogP contribution in [0.2, 0.25) is 18.1 Å². The average molecular weight is 184 g/mol. The molecule has 11 heavy (non-hydrogen) atoms. The summed E-state index contributed by atoms with van der Waals surface area (Å²) in [5.41, 5.74) is 0. The number of rotatable bonds is 3. The molecular weight excluding hydrogens is 169 g/mol. The van der Waals surface area contributed by atoms with E-state index in [1.54, 1.807) is 20.8 Å². The van der Waals surface area contributed by atoms with Gasteiger partial charge in [-0.2, -0.15) is 13.2 Å². The Balaban J connectivity index is 4.54. The maximum atomic E-state index is 12.4. The molecule has 0 N–H and O–H groups in total. The molecule has 0 aliphatic rings. The van der Waals surface area contributed by atoms with Crippen LogP contribution in [0, 0.1) is 0 Å². The summed E-state index contributed by atoms with van der Waals surface area (Å²) in [6.07, 6.45) is 0. The molecule has 0 aromatic heterocycles.